The van der Waals surface area contributed by atoms with E-state index in [9.17, 15) is 4.79 Å². The molecule has 0 aliphatic heterocycles. The van der Waals surface area contributed by atoms with Crippen LogP contribution in [0.3, 0.4) is 0 Å². The van der Waals surface area contributed by atoms with Gasteiger partial charge in [0.15, 0.2) is 16.6 Å². The van der Waals surface area contributed by atoms with Gasteiger partial charge in [0.25, 0.3) is 0 Å². The standard InChI is InChI=1S/C20H17N3O2S/c1-13-11-19-21-22-20(23(19)17-6-4-3-5-16(13)17)26-12-18(24)14-7-9-15(25-2)10-8-14/h3-11H,12H2,1-2H3. The summed E-state index contributed by atoms with van der Waals surface area (Å²) in [5.74, 6) is 1.08. The van der Waals surface area contributed by atoms with Gasteiger partial charge in [-0.05, 0) is 48.9 Å². The molecule has 4 aromatic rings. The SMILES string of the molecule is COc1ccc(C(=O)CSc2nnc3cc(C)c4ccccc4n23)cc1. The molecule has 130 valence electrons. The molecule has 0 bridgehead atoms. The van der Waals surface area contributed by atoms with Gasteiger partial charge in [0.2, 0.25) is 0 Å². The van der Waals surface area contributed by atoms with Crippen LogP contribution in [0.1, 0.15) is 15.9 Å². The highest BCUT2D eigenvalue weighted by atomic mass is 32.2. The van der Waals surface area contributed by atoms with Gasteiger partial charge in [-0.15, -0.1) is 10.2 Å². The Labute approximate surface area is 155 Å². The molecule has 6 heteroatoms. The molecule has 2 aromatic heterocycles. The highest BCUT2D eigenvalue weighted by Gasteiger charge is 2.14. The third-order valence-corrected chi connectivity index (χ3v) is 5.25. The van der Waals surface area contributed by atoms with E-state index < -0.39 is 0 Å². The molecule has 0 aliphatic carbocycles. The number of ether oxygens (including phenoxy) is 1. The van der Waals surface area contributed by atoms with Crippen molar-refractivity contribution in [3.8, 4) is 5.75 Å². The van der Waals surface area contributed by atoms with Crippen molar-refractivity contribution in [1.29, 1.82) is 0 Å². The van der Waals surface area contributed by atoms with Crippen molar-refractivity contribution in [3.05, 3.63) is 65.7 Å². The van der Waals surface area contributed by atoms with Gasteiger partial charge in [0.1, 0.15) is 5.75 Å². The number of fused-ring (bicyclic) bond motifs is 3. The number of thioether (sulfide) groups is 1. The predicted molar refractivity (Wildman–Crippen MR) is 103 cm³/mol. The van der Waals surface area contributed by atoms with E-state index in [0.717, 1.165) is 33.0 Å². The summed E-state index contributed by atoms with van der Waals surface area (Å²) in [6.07, 6.45) is 0. The summed E-state index contributed by atoms with van der Waals surface area (Å²) < 4.78 is 7.14. The Morgan fingerprint density at radius 1 is 1.12 bits per heavy atom. The van der Waals surface area contributed by atoms with Gasteiger partial charge in [-0.3, -0.25) is 9.20 Å². The molecule has 2 aromatic carbocycles. The largest absolute Gasteiger partial charge is 0.497 e. The molecule has 0 unspecified atom stereocenters. The number of hydrogen-bond acceptors (Lipinski definition) is 5. The number of ketones is 1. The lowest BCUT2D eigenvalue weighted by Crippen LogP contribution is -2.03. The summed E-state index contributed by atoms with van der Waals surface area (Å²) in [4.78, 5) is 12.5. The first-order valence-electron chi connectivity index (χ1n) is 8.21. The number of hydrogen-bond donors (Lipinski definition) is 0. The molecule has 0 radical (unpaired) electrons. The number of para-hydroxylation sites is 1. The van der Waals surface area contributed by atoms with Crippen molar-refractivity contribution < 1.29 is 9.53 Å². The number of carbonyl (C=O) groups is 1. The first kappa shape index (κ1) is 16.6. The van der Waals surface area contributed by atoms with E-state index in [1.165, 1.54) is 11.8 Å². The fourth-order valence-electron chi connectivity index (χ4n) is 2.96. The molecule has 0 saturated carbocycles. The molecule has 0 N–H and O–H groups in total. The quantitative estimate of drug-likeness (QED) is 0.393. The minimum absolute atomic E-state index is 0.0471. The zero-order chi connectivity index (χ0) is 18.1. The predicted octanol–water partition coefficient (Wildman–Crippen LogP) is 4.17. The number of methoxy groups -OCH3 is 1. The third-order valence-electron chi connectivity index (χ3n) is 4.32. The molecule has 26 heavy (non-hydrogen) atoms. The lowest BCUT2D eigenvalue weighted by Gasteiger charge is -2.07. The number of carbonyl (C=O) groups excluding carboxylic acids is 1. The monoisotopic (exact) mass is 363 g/mol. The number of aromatic nitrogens is 3. The Morgan fingerprint density at radius 3 is 2.65 bits per heavy atom. The fraction of sp³-hybridized carbons (Fsp3) is 0.150. The summed E-state index contributed by atoms with van der Waals surface area (Å²) in [7, 11) is 1.61. The maximum Gasteiger partial charge on any atom is 0.196 e. The first-order chi connectivity index (χ1) is 12.7. The van der Waals surface area contributed by atoms with Crippen LogP contribution in [0.2, 0.25) is 0 Å². The van der Waals surface area contributed by atoms with Crippen molar-refractivity contribution in [2.24, 2.45) is 0 Å². The van der Waals surface area contributed by atoms with Gasteiger partial charge in [-0.25, -0.2) is 0 Å². The van der Waals surface area contributed by atoms with Crippen molar-refractivity contribution in [2.75, 3.05) is 12.9 Å². The van der Waals surface area contributed by atoms with Crippen LogP contribution in [-0.4, -0.2) is 33.2 Å². The number of nitrogens with zero attached hydrogens (tertiary/aromatic N) is 3. The van der Waals surface area contributed by atoms with Crippen molar-refractivity contribution in [1.82, 2.24) is 14.6 Å². The topological polar surface area (TPSA) is 56.5 Å². The zero-order valence-corrected chi connectivity index (χ0v) is 15.3. The van der Waals surface area contributed by atoms with Crippen LogP contribution in [0.15, 0.2) is 59.8 Å². The number of aryl methyl sites for hydroxylation is 1. The van der Waals surface area contributed by atoms with Crippen LogP contribution >= 0.6 is 11.8 Å². The lowest BCUT2D eigenvalue weighted by molar-refractivity contribution is 0.102. The second-order valence-electron chi connectivity index (χ2n) is 5.96. The van der Waals surface area contributed by atoms with E-state index in [4.69, 9.17) is 4.74 Å². The molecule has 4 rings (SSSR count). The van der Waals surface area contributed by atoms with Crippen molar-refractivity contribution in [3.63, 3.8) is 0 Å². The summed E-state index contributed by atoms with van der Waals surface area (Å²) in [5, 5.41) is 10.4. The van der Waals surface area contributed by atoms with Crippen molar-refractivity contribution >= 4 is 34.1 Å². The van der Waals surface area contributed by atoms with Crippen LogP contribution < -0.4 is 4.74 Å². The van der Waals surface area contributed by atoms with Gasteiger partial charge in [0.05, 0.1) is 18.4 Å². The summed E-state index contributed by atoms with van der Waals surface area (Å²) in [5.41, 5.74) is 3.66. The minimum atomic E-state index is 0.0471. The van der Waals surface area contributed by atoms with Crippen LogP contribution in [0.4, 0.5) is 0 Å². The van der Waals surface area contributed by atoms with E-state index >= 15 is 0 Å². The van der Waals surface area contributed by atoms with E-state index in [1.54, 1.807) is 31.4 Å². The number of Topliss-reactive ketones (excluding diaryl/α,β-unsaturated/α-hetero) is 1. The first-order valence-corrected chi connectivity index (χ1v) is 9.19. The number of pyridine rings is 1. The molecule has 0 fully saturated rings. The average Bonchev–Trinajstić information content (AvgIpc) is 3.09. The summed E-state index contributed by atoms with van der Waals surface area (Å²) >= 11 is 1.40. The van der Waals surface area contributed by atoms with E-state index in [1.807, 2.05) is 28.7 Å². The Kier molecular flexibility index (Phi) is 4.34. The highest BCUT2D eigenvalue weighted by molar-refractivity contribution is 7.99. The fourth-order valence-corrected chi connectivity index (χ4v) is 3.80. The summed E-state index contributed by atoms with van der Waals surface area (Å²) in [6, 6.07) is 17.3. The molecule has 0 atom stereocenters. The lowest BCUT2D eigenvalue weighted by atomic mass is 10.1. The van der Waals surface area contributed by atoms with Crippen LogP contribution in [0.5, 0.6) is 5.75 Å². The highest BCUT2D eigenvalue weighted by Crippen LogP contribution is 2.26. The maximum atomic E-state index is 12.5. The Morgan fingerprint density at radius 2 is 1.88 bits per heavy atom. The maximum absolute atomic E-state index is 12.5. The Balaban J connectivity index is 1.63. The van der Waals surface area contributed by atoms with Gasteiger partial charge in [-0.1, -0.05) is 30.0 Å². The van der Waals surface area contributed by atoms with E-state index in [2.05, 4.69) is 23.2 Å². The second kappa shape index (κ2) is 6.80. The molecule has 0 saturated heterocycles. The Bertz CT molecular complexity index is 1100. The normalized spacial score (nSPS) is 11.2. The number of benzene rings is 2. The van der Waals surface area contributed by atoms with Crippen LogP contribution in [-0.2, 0) is 0 Å². The van der Waals surface area contributed by atoms with Crippen LogP contribution in [0.25, 0.3) is 16.6 Å². The third kappa shape index (κ3) is 2.93. The minimum Gasteiger partial charge on any atom is -0.497 e. The van der Waals surface area contributed by atoms with Gasteiger partial charge >= 0.3 is 0 Å². The molecule has 0 aliphatic rings. The smallest absolute Gasteiger partial charge is 0.196 e. The van der Waals surface area contributed by atoms with E-state index in [0.29, 0.717) is 11.3 Å². The van der Waals surface area contributed by atoms with Gasteiger partial charge in [0, 0.05) is 10.9 Å². The van der Waals surface area contributed by atoms with Gasteiger partial charge < -0.3 is 4.74 Å². The second-order valence-corrected chi connectivity index (χ2v) is 6.90. The van der Waals surface area contributed by atoms with Gasteiger partial charge in [-0.2, -0.15) is 0 Å². The Hall–Kier alpha value is -2.86. The molecule has 0 spiro atoms. The molecular weight excluding hydrogens is 346 g/mol. The van der Waals surface area contributed by atoms with E-state index in [-0.39, 0.29) is 5.78 Å². The molecule has 0 amide bonds. The molecular formula is C20H17N3O2S. The summed E-state index contributed by atoms with van der Waals surface area (Å²) in [6.45, 7) is 2.07. The average molecular weight is 363 g/mol. The molecule has 2 heterocycles. The molecule has 5 nitrogen and oxygen atoms in total. The van der Waals surface area contributed by atoms with Crippen molar-refractivity contribution in [2.45, 2.75) is 12.1 Å². The number of rotatable bonds is 5. The zero-order valence-electron chi connectivity index (χ0n) is 14.5. The van der Waals surface area contributed by atoms with Crippen LogP contribution in [0, 0.1) is 6.92 Å².